The highest BCUT2D eigenvalue weighted by molar-refractivity contribution is 6.30. The largest absolute Gasteiger partial charge is 0.449 e. The zero-order valence-electron chi connectivity index (χ0n) is 10.5. The molecule has 1 aromatic carbocycles. The lowest BCUT2D eigenvalue weighted by Crippen LogP contribution is -1.96. The Labute approximate surface area is 119 Å². The Bertz CT molecular complexity index is 629. The van der Waals surface area contributed by atoms with Gasteiger partial charge in [-0.1, -0.05) is 11.6 Å². The first-order chi connectivity index (χ1) is 9.47. The Morgan fingerprint density at radius 2 is 2.15 bits per heavy atom. The molecule has 2 aromatic rings. The van der Waals surface area contributed by atoms with Crippen LogP contribution in [0.15, 0.2) is 36.5 Å². The fraction of sp³-hybridized carbons (Fsp3) is 0.154. The number of halogens is 1. The molecule has 20 heavy (non-hydrogen) atoms. The van der Waals surface area contributed by atoms with E-state index in [0.29, 0.717) is 11.4 Å². The fourth-order valence-corrected chi connectivity index (χ4v) is 1.71. The molecule has 0 saturated heterocycles. The first kappa shape index (κ1) is 14.2. The average Bonchev–Trinajstić information content (AvgIpc) is 2.41. The Morgan fingerprint density at radius 1 is 1.40 bits per heavy atom. The Morgan fingerprint density at radius 3 is 2.70 bits per heavy atom. The normalized spacial score (nSPS) is 11.9. The van der Waals surface area contributed by atoms with Crippen LogP contribution in [0.5, 0.6) is 11.5 Å². The van der Waals surface area contributed by atoms with Gasteiger partial charge >= 0.3 is 5.69 Å². The van der Waals surface area contributed by atoms with E-state index in [1.807, 2.05) is 0 Å². The molecule has 0 amide bonds. The highest BCUT2D eigenvalue weighted by atomic mass is 35.5. The van der Waals surface area contributed by atoms with E-state index >= 15 is 0 Å². The Kier molecular flexibility index (Phi) is 4.16. The summed E-state index contributed by atoms with van der Waals surface area (Å²) in [6.07, 6.45) is 0.703. The van der Waals surface area contributed by atoms with Crippen molar-refractivity contribution < 1.29 is 14.8 Å². The van der Waals surface area contributed by atoms with Gasteiger partial charge in [0.15, 0.2) is 0 Å². The van der Waals surface area contributed by atoms with Crippen molar-refractivity contribution in [2.24, 2.45) is 0 Å². The third-order valence-corrected chi connectivity index (χ3v) is 2.77. The number of benzene rings is 1. The van der Waals surface area contributed by atoms with Crippen LogP contribution >= 0.6 is 11.6 Å². The van der Waals surface area contributed by atoms with Crippen molar-refractivity contribution >= 4 is 17.3 Å². The maximum absolute atomic E-state index is 10.9. The van der Waals surface area contributed by atoms with Gasteiger partial charge in [-0.3, -0.25) is 15.1 Å². The third-order valence-electron chi connectivity index (χ3n) is 2.53. The molecule has 6 nitrogen and oxygen atoms in total. The van der Waals surface area contributed by atoms with Crippen molar-refractivity contribution in [2.45, 2.75) is 13.0 Å². The molecule has 2 rings (SSSR count). The summed E-state index contributed by atoms with van der Waals surface area (Å²) < 4.78 is 5.42. The number of hydrogen-bond acceptors (Lipinski definition) is 5. The van der Waals surface area contributed by atoms with Crippen LogP contribution in [0.3, 0.4) is 0 Å². The van der Waals surface area contributed by atoms with Gasteiger partial charge in [0.05, 0.1) is 22.9 Å². The number of hydrogen-bond donors (Lipinski definition) is 1. The molecule has 0 radical (unpaired) electrons. The highest BCUT2D eigenvalue weighted by Gasteiger charge is 2.16. The van der Waals surface area contributed by atoms with Crippen LogP contribution < -0.4 is 4.74 Å². The van der Waals surface area contributed by atoms with Crippen molar-refractivity contribution in [2.75, 3.05) is 0 Å². The SMILES string of the molecule is CC(O)c1ccc(Oc2ccc(Cl)cc2[N+](=O)[O-])cn1. The summed E-state index contributed by atoms with van der Waals surface area (Å²) in [7, 11) is 0. The van der Waals surface area contributed by atoms with E-state index in [4.69, 9.17) is 16.3 Å². The number of aliphatic hydroxyl groups is 1. The molecule has 1 N–H and O–H groups in total. The predicted octanol–water partition coefficient (Wildman–Crippen LogP) is 3.49. The molecule has 0 spiro atoms. The summed E-state index contributed by atoms with van der Waals surface area (Å²) >= 11 is 5.72. The molecule has 1 atom stereocenters. The van der Waals surface area contributed by atoms with Crippen LogP contribution in [0.1, 0.15) is 18.7 Å². The molecular formula is C13H11ClN2O4. The number of rotatable bonds is 4. The number of aliphatic hydroxyl groups excluding tert-OH is 1. The van der Waals surface area contributed by atoms with E-state index in [-0.39, 0.29) is 16.5 Å². The van der Waals surface area contributed by atoms with Crippen LogP contribution in [0, 0.1) is 10.1 Å². The van der Waals surface area contributed by atoms with Gasteiger partial charge in [-0.15, -0.1) is 0 Å². The van der Waals surface area contributed by atoms with Crippen molar-refractivity contribution in [3.05, 3.63) is 57.4 Å². The van der Waals surface area contributed by atoms with Crippen LogP contribution in [0.4, 0.5) is 5.69 Å². The smallest absolute Gasteiger partial charge is 0.313 e. The first-order valence-corrected chi connectivity index (χ1v) is 6.11. The maximum Gasteiger partial charge on any atom is 0.313 e. The van der Waals surface area contributed by atoms with Gasteiger partial charge in [0.25, 0.3) is 0 Å². The van der Waals surface area contributed by atoms with Gasteiger partial charge in [-0.05, 0) is 31.2 Å². The summed E-state index contributed by atoms with van der Waals surface area (Å²) in [6.45, 7) is 1.59. The number of pyridine rings is 1. The number of nitro groups is 1. The second kappa shape index (κ2) is 5.85. The number of aromatic nitrogens is 1. The Hall–Kier alpha value is -2.18. The zero-order chi connectivity index (χ0) is 14.7. The van der Waals surface area contributed by atoms with Gasteiger partial charge in [0, 0.05) is 11.1 Å². The lowest BCUT2D eigenvalue weighted by molar-refractivity contribution is -0.385. The van der Waals surface area contributed by atoms with Gasteiger partial charge in [-0.25, -0.2) is 0 Å². The molecule has 7 heteroatoms. The minimum atomic E-state index is -0.686. The first-order valence-electron chi connectivity index (χ1n) is 5.73. The molecule has 104 valence electrons. The van der Waals surface area contributed by atoms with Crippen molar-refractivity contribution in [3.63, 3.8) is 0 Å². The van der Waals surface area contributed by atoms with E-state index < -0.39 is 11.0 Å². The Balaban J connectivity index is 2.28. The quantitative estimate of drug-likeness (QED) is 0.689. The molecule has 0 fully saturated rings. The van der Waals surface area contributed by atoms with Crippen molar-refractivity contribution in [1.82, 2.24) is 4.98 Å². The second-order valence-corrected chi connectivity index (χ2v) is 4.50. The van der Waals surface area contributed by atoms with Gasteiger partial charge in [0.1, 0.15) is 5.75 Å². The maximum atomic E-state index is 10.9. The molecule has 1 aromatic heterocycles. The highest BCUT2D eigenvalue weighted by Crippen LogP contribution is 2.33. The average molecular weight is 295 g/mol. The number of ether oxygens (including phenoxy) is 1. The van der Waals surface area contributed by atoms with Gasteiger partial charge in [0.2, 0.25) is 5.75 Å². The summed E-state index contributed by atoms with van der Waals surface area (Å²) in [5.74, 6) is 0.408. The third kappa shape index (κ3) is 3.23. The molecule has 0 aliphatic rings. The number of nitro benzene ring substituents is 1. The summed E-state index contributed by atoms with van der Waals surface area (Å²) in [5.41, 5.74) is 0.264. The summed E-state index contributed by atoms with van der Waals surface area (Å²) in [4.78, 5) is 14.4. The molecule has 0 aliphatic heterocycles. The monoisotopic (exact) mass is 294 g/mol. The van der Waals surface area contributed by atoms with Crippen LogP contribution in [-0.2, 0) is 0 Å². The van der Waals surface area contributed by atoms with E-state index in [9.17, 15) is 15.2 Å². The fourth-order valence-electron chi connectivity index (χ4n) is 1.55. The minimum absolute atomic E-state index is 0.0750. The van der Waals surface area contributed by atoms with Gasteiger partial charge in [-0.2, -0.15) is 0 Å². The minimum Gasteiger partial charge on any atom is -0.449 e. The topological polar surface area (TPSA) is 85.5 Å². The molecule has 1 unspecified atom stereocenters. The van der Waals surface area contributed by atoms with Crippen LogP contribution in [-0.4, -0.2) is 15.0 Å². The summed E-state index contributed by atoms with van der Waals surface area (Å²) in [6, 6.07) is 7.30. The van der Waals surface area contributed by atoms with Crippen LogP contribution in [0.25, 0.3) is 0 Å². The van der Waals surface area contributed by atoms with Crippen molar-refractivity contribution in [1.29, 1.82) is 0 Å². The summed E-state index contributed by atoms with van der Waals surface area (Å²) in [5, 5.41) is 20.5. The van der Waals surface area contributed by atoms with Crippen LogP contribution in [0.2, 0.25) is 5.02 Å². The molecule has 0 aliphatic carbocycles. The van der Waals surface area contributed by atoms with Crippen molar-refractivity contribution in [3.8, 4) is 11.5 Å². The second-order valence-electron chi connectivity index (χ2n) is 4.07. The molecule has 1 heterocycles. The van der Waals surface area contributed by atoms with Gasteiger partial charge < -0.3 is 9.84 Å². The van der Waals surface area contributed by atoms with E-state index in [1.165, 1.54) is 24.4 Å². The zero-order valence-corrected chi connectivity index (χ0v) is 11.2. The lowest BCUT2D eigenvalue weighted by atomic mass is 10.2. The van der Waals surface area contributed by atoms with E-state index in [2.05, 4.69) is 4.98 Å². The van der Waals surface area contributed by atoms with E-state index in [0.717, 1.165) is 0 Å². The number of nitrogens with zero attached hydrogens (tertiary/aromatic N) is 2. The molecular weight excluding hydrogens is 284 g/mol. The lowest BCUT2D eigenvalue weighted by Gasteiger charge is -2.08. The van der Waals surface area contributed by atoms with E-state index in [1.54, 1.807) is 19.1 Å². The predicted molar refractivity (Wildman–Crippen MR) is 73.1 cm³/mol. The molecule has 0 bridgehead atoms. The standard InChI is InChI=1S/C13H11ClN2O4/c1-8(17)11-4-3-10(7-15-11)20-13-5-2-9(14)6-12(13)16(18)19/h2-8,17H,1H3. The molecule has 0 saturated carbocycles.